The van der Waals surface area contributed by atoms with Gasteiger partial charge in [-0.3, -0.25) is 0 Å². The maximum Gasteiger partial charge on any atom is 0.143 e. The van der Waals surface area contributed by atoms with Crippen molar-refractivity contribution in [2.24, 2.45) is 0 Å². The molecule has 0 atom stereocenters. The molecule has 0 aliphatic heterocycles. The Hall–Kier alpha value is -2.21. The maximum absolute atomic E-state index is 13.2. The monoisotopic (exact) mass is 389 g/mol. The highest BCUT2D eigenvalue weighted by Gasteiger charge is 2.14. The molecule has 0 radical (unpaired) electrons. The van der Waals surface area contributed by atoms with Gasteiger partial charge >= 0.3 is 0 Å². The number of aromatic nitrogens is 2. The fraction of sp³-hybridized carbons (Fsp3) is 0. The van der Waals surface area contributed by atoms with Crippen LogP contribution in [0.15, 0.2) is 54.2 Å². The minimum atomic E-state index is -0.272. The number of hydrogen-bond acceptors (Lipinski definition) is 4. The molecule has 2 aromatic heterocycles. The van der Waals surface area contributed by atoms with E-state index in [4.69, 9.17) is 23.2 Å². The summed E-state index contributed by atoms with van der Waals surface area (Å²) in [7, 11) is 0. The van der Waals surface area contributed by atoms with Gasteiger partial charge in [-0.1, -0.05) is 35.3 Å². The van der Waals surface area contributed by atoms with E-state index in [-0.39, 0.29) is 5.82 Å². The molecule has 25 heavy (non-hydrogen) atoms. The lowest BCUT2D eigenvalue weighted by molar-refractivity contribution is 0.628. The van der Waals surface area contributed by atoms with E-state index in [1.54, 1.807) is 30.3 Å². The van der Waals surface area contributed by atoms with Crippen LogP contribution in [0.2, 0.25) is 10.0 Å². The van der Waals surface area contributed by atoms with Gasteiger partial charge in [-0.15, -0.1) is 11.3 Å². The van der Waals surface area contributed by atoms with E-state index in [9.17, 15) is 4.39 Å². The summed E-state index contributed by atoms with van der Waals surface area (Å²) in [5.41, 5.74) is 2.57. The average Bonchev–Trinajstić information content (AvgIpc) is 3.00. The first-order chi connectivity index (χ1) is 12.1. The Bertz CT molecular complexity index is 1040. The zero-order valence-corrected chi connectivity index (χ0v) is 15.0. The van der Waals surface area contributed by atoms with Gasteiger partial charge in [0, 0.05) is 26.7 Å². The molecule has 0 amide bonds. The average molecular weight is 390 g/mol. The van der Waals surface area contributed by atoms with Gasteiger partial charge in [0.05, 0.1) is 5.39 Å². The number of anilines is 2. The van der Waals surface area contributed by atoms with Crippen molar-refractivity contribution in [2.75, 3.05) is 5.32 Å². The molecule has 1 N–H and O–H groups in total. The van der Waals surface area contributed by atoms with Crippen molar-refractivity contribution in [3.05, 3.63) is 70.0 Å². The molecule has 3 nitrogen and oxygen atoms in total. The van der Waals surface area contributed by atoms with E-state index < -0.39 is 0 Å². The van der Waals surface area contributed by atoms with Crippen molar-refractivity contribution in [3.63, 3.8) is 0 Å². The number of nitrogens with one attached hydrogen (secondary N) is 1. The number of fused-ring (bicyclic) bond motifs is 1. The summed E-state index contributed by atoms with van der Waals surface area (Å²) in [6, 6.07) is 11.6. The molecule has 2 heterocycles. The summed E-state index contributed by atoms with van der Waals surface area (Å²) >= 11 is 13.6. The third kappa shape index (κ3) is 3.31. The Kier molecular flexibility index (Phi) is 4.29. The van der Waals surface area contributed by atoms with Crippen LogP contribution in [0, 0.1) is 5.82 Å². The van der Waals surface area contributed by atoms with Crippen molar-refractivity contribution in [3.8, 4) is 11.1 Å². The summed E-state index contributed by atoms with van der Waals surface area (Å²) in [5, 5.41) is 7.17. The number of thiophene rings is 1. The van der Waals surface area contributed by atoms with Gasteiger partial charge in [-0.05, 0) is 35.9 Å². The van der Waals surface area contributed by atoms with Gasteiger partial charge < -0.3 is 5.32 Å². The molecule has 0 bridgehead atoms. The second-order valence-electron chi connectivity index (χ2n) is 5.34. The second-order valence-corrected chi connectivity index (χ2v) is 7.07. The first-order valence-electron chi connectivity index (χ1n) is 7.31. The van der Waals surface area contributed by atoms with E-state index in [1.165, 1.54) is 29.8 Å². The maximum atomic E-state index is 13.2. The Labute approximate surface area is 157 Å². The quantitative estimate of drug-likeness (QED) is 0.431. The first kappa shape index (κ1) is 16.3. The van der Waals surface area contributed by atoms with Crippen molar-refractivity contribution in [2.45, 2.75) is 0 Å². The Morgan fingerprint density at radius 3 is 2.40 bits per heavy atom. The zero-order valence-electron chi connectivity index (χ0n) is 12.6. The van der Waals surface area contributed by atoms with E-state index in [0.717, 1.165) is 27.0 Å². The van der Waals surface area contributed by atoms with Crippen molar-refractivity contribution in [1.82, 2.24) is 9.97 Å². The van der Waals surface area contributed by atoms with E-state index >= 15 is 0 Å². The van der Waals surface area contributed by atoms with Gasteiger partial charge in [-0.2, -0.15) is 0 Å². The summed E-state index contributed by atoms with van der Waals surface area (Å²) in [6.45, 7) is 0. The van der Waals surface area contributed by atoms with Crippen LogP contribution in [0.25, 0.3) is 21.3 Å². The molecule has 0 fully saturated rings. The topological polar surface area (TPSA) is 37.8 Å². The highest BCUT2D eigenvalue weighted by atomic mass is 35.5. The van der Waals surface area contributed by atoms with Crippen LogP contribution in [-0.4, -0.2) is 9.97 Å². The van der Waals surface area contributed by atoms with E-state index in [0.29, 0.717) is 15.9 Å². The molecule has 0 unspecified atom stereocenters. The molecule has 4 aromatic rings. The Morgan fingerprint density at radius 1 is 0.960 bits per heavy atom. The molecule has 0 saturated carbocycles. The number of hydrogen-bond donors (Lipinski definition) is 1. The number of benzene rings is 2. The molecule has 0 spiro atoms. The predicted molar refractivity (Wildman–Crippen MR) is 103 cm³/mol. The molecule has 0 aliphatic rings. The summed E-state index contributed by atoms with van der Waals surface area (Å²) in [4.78, 5) is 9.52. The molecular formula is C18H10Cl2FN3S. The van der Waals surface area contributed by atoms with E-state index in [1.807, 2.05) is 5.38 Å². The second kappa shape index (κ2) is 6.59. The number of halogens is 3. The highest BCUT2D eigenvalue weighted by Crippen LogP contribution is 2.37. The van der Waals surface area contributed by atoms with Crippen LogP contribution >= 0.6 is 34.5 Å². The van der Waals surface area contributed by atoms with Gasteiger partial charge in [-0.25, -0.2) is 14.4 Å². The van der Waals surface area contributed by atoms with Crippen molar-refractivity contribution >= 4 is 56.3 Å². The van der Waals surface area contributed by atoms with Crippen LogP contribution in [-0.2, 0) is 0 Å². The third-order valence-corrected chi connectivity index (χ3v) is 4.97. The number of rotatable bonds is 3. The Morgan fingerprint density at radius 2 is 1.68 bits per heavy atom. The SMILES string of the molecule is Fc1ccc(-c2csc3ncnc(Nc4cc(Cl)cc(Cl)c4)c23)cc1. The minimum absolute atomic E-state index is 0.272. The first-order valence-corrected chi connectivity index (χ1v) is 8.95. The highest BCUT2D eigenvalue weighted by molar-refractivity contribution is 7.17. The minimum Gasteiger partial charge on any atom is -0.339 e. The van der Waals surface area contributed by atoms with Crippen molar-refractivity contribution in [1.29, 1.82) is 0 Å². The summed E-state index contributed by atoms with van der Waals surface area (Å²) in [6.07, 6.45) is 1.50. The molecule has 2 aromatic carbocycles. The van der Waals surface area contributed by atoms with Crippen LogP contribution in [0.3, 0.4) is 0 Å². The molecular weight excluding hydrogens is 380 g/mol. The number of nitrogens with zero attached hydrogens (tertiary/aromatic N) is 2. The lowest BCUT2D eigenvalue weighted by Gasteiger charge is -2.09. The van der Waals surface area contributed by atoms with Crippen molar-refractivity contribution < 1.29 is 4.39 Å². The van der Waals surface area contributed by atoms with Crippen LogP contribution in [0.1, 0.15) is 0 Å². The van der Waals surface area contributed by atoms with Gasteiger partial charge in [0.25, 0.3) is 0 Å². The molecule has 124 valence electrons. The fourth-order valence-electron chi connectivity index (χ4n) is 2.57. The molecule has 4 rings (SSSR count). The lowest BCUT2D eigenvalue weighted by Crippen LogP contribution is -1.95. The Balaban J connectivity index is 1.84. The summed E-state index contributed by atoms with van der Waals surface area (Å²) < 4.78 is 13.2. The van der Waals surface area contributed by atoms with Gasteiger partial charge in [0.1, 0.15) is 22.8 Å². The third-order valence-electron chi connectivity index (χ3n) is 3.65. The van der Waals surface area contributed by atoms with Crippen LogP contribution in [0.5, 0.6) is 0 Å². The fourth-order valence-corrected chi connectivity index (χ4v) is 4.02. The molecule has 0 saturated heterocycles. The van der Waals surface area contributed by atoms with Gasteiger partial charge in [0.2, 0.25) is 0 Å². The van der Waals surface area contributed by atoms with Crippen LogP contribution < -0.4 is 5.32 Å². The predicted octanol–water partition coefficient (Wildman–Crippen LogP) is 6.55. The molecule has 7 heteroatoms. The summed E-state index contributed by atoms with van der Waals surface area (Å²) in [5.74, 6) is 0.371. The molecule has 0 aliphatic carbocycles. The standard InChI is InChI=1S/C18H10Cl2FN3S/c19-11-5-12(20)7-14(6-11)24-17-16-15(8-25-18(16)23-9-22-17)10-1-3-13(21)4-2-10/h1-9H,(H,22,23,24). The largest absolute Gasteiger partial charge is 0.339 e. The normalized spacial score (nSPS) is 11.0. The lowest BCUT2D eigenvalue weighted by atomic mass is 10.1. The smallest absolute Gasteiger partial charge is 0.143 e. The van der Waals surface area contributed by atoms with Crippen LogP contribution in [0.4, 0.5) is 15.9 Å². The van der Waals surface area contributed by atoms with Gasteiger partial charge in [0.15, 0.2) is 0 Å². The zero-order chi connectivity index (χ0) is 17.4. The van der Waals surface area contributed by atoms with E-state index in [2.05, 4.69) is 15.3 Å².